The Bertz CT molecular complexity index is 236. The van der Waals surface area contributed by atoms with Crippen LogP contribution in [-0.4, -0.2) is 65.8 Å². The number of aliphatic hydroxyl groups is 1. The molecule has 0 aliphatic carbocycles. The zero-order valence-corrected chi connectivity index (χ0v) is 13.1. The minimum absolute atomic E-state index is 0.380. The molecule has 1 heterocycles. The maximum Gasteiger partial charge on any atom is 0.0767 e. The molecule has 4 nitrogen and oxygen atoms in total. The van der Waals surface area contributed by atoms with Crippen LogP contribution >= 0.6 is 0 Å². The predicted octanol–water partition coefficient (Wildman–Crippen LogP) is 1.28. The van der Waals surface area contributed by atoms with Gasteiger partial charge in [-0.1, -0.05) is 13.8 Å². The molecule has 1 aliphatic rings. The molecule has 1 aliphatic heterocycles. The highest BCUT2D eigenvalue weighted by Gasteiger charge is 2.23. The minimum Gasteiger partial charge on any atom is -0.389 e. The third-order valence-electron chi connectivity index (χ3n) is 4.78. The second kappa shape index (κ2) is 8.20. The highest BCUT2D eigenvalue weighted by atomic mass is 16.3. The van der Waals surface area contributed by atoms with E-state index in [0.29, 0.717) is 12.6 Å². The second-order valence-corrected chi connectivity index (χ2v) is 6.02. The fourth-order valence-electron chi connectivity index (χ4n) is 2.74. The van der Waals surface area contributed by atoms with Gasteiger partial charge < -0.3 is 15.7 Å². The summed E-state index contributed by atoms with van der Waals surface area (Å²) in [5.41, 5.74) is 4.99. The molecule has 2 unspecified atom stereocenters. The van der Waals surface area contributed by atoms with Crippen LogP contribution in [0.1, 0.15) is 46.5 Å². The first-order chi connectivity index (χ1) is 9.04. The van der Waals surface area contributed by atoms with Gasteiger partial charge >= 0.3 is 0 Å². The summed E-state index contributed by atoms with van der Waals surface area (Å²) in [5.74, 6) is 0. The molecular weight excluding hydrogens is 238 g/mol. The highest BCUT2D eigenvalue weighted by Crippen LogP contribution is 2.16. The van der Waals surface area contributed by atoms with Crippen LogP contribution in [-0.2, 0) is 0 Å². The van der Waals surface area contributed by atoms with Gasteiger partial charge in [0, 0.05) is 38.8 Å². The van der Waals surface area contributed by atoms with Crippen molar-refractivity contribution < 1.29 is 5.11 Å². The third kappa shape index (κ3) is 5.38. The molecule has 1 rings (SSSR count). The van der Waals surface area contributed by atoms with E-state index in [4.69, 9.17) is 5.73 Å². The molecule has 114 valence electrons. The lowest BCUT2D eigenvalue weighted by molar-refractivity contribution is 0.0286. The first-order valence-electron chi connectivity index (χ1n) is 7.93. The van der Waals surface area contributed by atoms with Gasteiger partial charge in [-0.05, 0) is 39.2 Å². The average molecular weight is 271 g/mol. The monoisotopic (exact) mass is 271 g/mol. The van der Waals surface area contributed by atoms with E-state index < -0.39 is 5.60 Å². The molecule has 2 atom stereocenters. The largest absolute Gasteiger partial charge is 0.389 e. The molecule has 1 fully saturated rings. The predicted molar refractivity (Wildman–Crippen MR) is 81.3 cm³/mol. The van der Waals surface area contributed by atoms with Crippen LogP contribution in [0.25, 0.3) is 0 Å². The van der Waals surface area contributed by atoms with Gasteiger partial charge in [-0.15, -0.1) is 0 Å². The summed E-state index contributed by atoms with van der Waals surface area (Å²) in [6.07, 6.45) is 3.86. The lowest BCUT2D eigenvalue weighted by Gasteiger charge is -2.38. The Morgan fingerprint density at radius 3 is 2.32 bits per heavy atom. The van der Waals surface area contributed by atoms with Gasteiger partial charge in [-0.25, -0.2) is 0 Å². The number of hydrogen-bond acceptors (Lipinski definition) is 4. The molecule has 0 bridgehead atoms. The van der Waals surface area contributed by atoms with Gasteiger partial charge in [0.1, 0.15) is 0 Å². The second-order valence-electron chi connectivity index (χ2n) is 6.02. The van der Waals surface area contributed by atoms with Crippen molar-refractivity contribution in [3.8, 4) is 0 Å². The highest BCUT2D eigenvalue weighted by molar-refractivity contribution is 4.80. The van der Waals surface area contributed by atoms with E-state index in [1.807, 2.05) is 6.92 Å². The molecule has 0 amide bonds. The van der Waals surface area contributed by atoms with Gasteiger partial charge in [-0.3, -0.25) is 4.90 Å². The Morgan fingerprint density at radius 1 is 1.21 bits per heavy atom. The molecule has 0 saturated carbocycles. The molecule has 0 radical (unpaired) electrons. The molecule has 1 saturated heterocycles. The van der Waals surface area contributed by atoms with Crippen molar-refractivity contribution in [1.82, 2.24) is 9.80 Å². The number of hydrogen-bond donors (Lipinski definition) is 2. The number of piperazine rings is 1. The summed E-state index contributed by atoms with van der Waals surface area (Å²) in [6.45, 7) is 12.8. The fourth-order valence-corrected chi connectivity index (χ4v) is 2.74. The van der Waals surface area contributed by atoms with Crippen LogP contribution in [0.2, 0.25) is 0 Å². The van der Waals surface area contributed by atoms with Crippen molar-refractivity contribution in [3.05, 3.63) is 0 Å². The smallest absolute Gasteiger partial charge is 0.0767 e. The van der Waals surface area contributed by atoms with E-state index in [-0.39, 0.29) is 0 Å². The Hall–Kier alpha value is -0.160. The van der Waals surface area contributed by atoms with Crippen molar-refractivity contribution in [2.24, 2.45) is 5.73 Å². The summed E-state index contributed by atoms with van der Waals surface area (Å²) in [7, 11) is 0. The van der Waals surface area contributed by atoms with Gasteiger partial charge in [0.05, 0.1) is 5.60 Å². The number of rotatable bonds is 8. The molecule has 4 heteroatoms. The molecule has 19 heavy (non-hydrogen) atoms. The summed E-state index contributed by atoms with van der Waals surface area (Å²) in [4.78, 5) is 5.10. The third-order valence-corrected chi connectivity index (χ3v) is 4.78. The van der Waals surface area contributed by atoms with E-state index in [9.17, 15) is 5.11 Å². The Kier molecular flexibility index (Phi) is 7.29. The van der Waals surface area contributed by atoms with Gasteiger partial charge in [0.15, 0.2) is 0 Å². The van der Waals surface area contributed by atoms with Crippen LogP contribution in [0.4, 0.5) is 0 Å². The lowest BCUT2D eigenvalue weighted by atomic mass is 9.95. The first-order valence-corrected chi connectivity index (χ1v) is 7.93. The standard InChI is InChI=1S/C15H33N3O/c1-4-14(3)18-11-9-17(10-12-18)8-6-7-15(19,5-2)13-16/h14,19H,4-13,16H2,1-3H3. The van der Waals surface area contributed by atoms with E-state index in [2.05, 4.69) is 23.6 Å². The first kappa shape index (κ1) is 16.9. The van der Waals surface area contributed by atoms with E-state index in [1.54, 1.807) is 0 Å². The Morgan fingerprint density at radius 2 is 1.84 bits per heavy atom. The molecule has 0 aromatic carbocycles. The van der Waals surface area contributed by atoms with Crippen LogP contribution in [0, 0.1) is 0 Å². The zero-order valence-electron chi connectivity index (χ0n) is 13.1. The number of nitrogens with zero attached hydrogens (tertiary/aromatic N) is 2. The fraction of sp³-hybridized carbons (Fsp3) is 1.00. The van der Waals surface area contributed by atoms with Crippen LogP contribution in [0.5, 0.6) is 0 Å². The van der Waals surface area contributed by atoms with Crippen molar-refractivity contribution in [1.29, 1.82) is 0 Å². The van der Waals surface area contributed by atoms with Crippen LogP contribution < -0.4 is 5.73 Å². The normalized spacial score (nSPS) is 23.2. The van der Waals surface area contributed by atoms with Crippen LogP contribution in [0.15, 0.2) is 0 Å². The average Bonchev–Trinajstić information content (AvgIpc) is 2.47. The van der Waals surface area contributed by atoms with Gasteiger partial charge in [0.2, 0.25) is 0 Å². The van der Waals surface area contributed by atoms with Gasteiger partial charge in [0.25, 0.3) is 0 Å². The summed E-state index contributed by atoms with van der Waals surface area (Å²) >= 11 is 0. The molecule has 0 spiro atoms. The molecule has 0 aromatic heterocycles. The van der Waals surface area contributed by atoms with Crippen molar-refractivity contribution >= 4 is 0 Å². The van der Waals surface area contributed by atoms with E-state index in [1.165, 1.54) is 19.5 Å². The molecule has 3 N–H and O–H groups in total. The lowest BCUT2D eigenvalue weighted by Crippen LogP contribution is -2.49. The topological polar surface area (TPSA) is 52.7 Å². The Labute approximate surface area is 118 Å². The van der Waals surface area contributed by atoms with E-state index in [0.717, 1.165) is 38.9 Å². The van der Waals surface area contributed by atoms with Crippen molar-refractivity contribution in [2.75, 3.05) is 39.3 Å². The molecule has 0 aromatic rings. The summed E-state index contributed by atoms with van der Waals surface area (Å²) in [6, 6.07) is 0.713. The number of nitrogens with two attached hydrogens (primary N) is 1. The SMILES string of the molecule is CCC(C)N1CCN(CCCC(O)(CC)CN)CC1. The van der Waals surface area contributed by atoms with Gasteiger partial charge in [-0.2, -0.15) is 0 Å². The maximum absolute atomic E-state index is 10.2. The maximum atomic E-state index is 10.2. The zero-order chi connectivity index (χ0) is 14.3. The van der Waals surface area contributed by atoms with Crippen molar-refractivity contribution in [2.45, 2.75) is 58.1 Å². The van der Waals surface area contributed by atoms with Crippen molar-refractivity contribution in [3.63, 3.8) is 0 Å². The Balaban J connectivity index is 2.19. The summed E-state index contributed by atoms with van der Waals surface area (Å²) < 4.78 is 0. The minimum atomic E-state index is -0.640. The van der Waals surface area contributed by atoms with E-state index >= 15 is 0 Å². The quantitative estimate of drug-likeness (QED) is 0.698. The summed E-state index contributed by atoms with van der Waals surface area (Å²) in [5, 5.41) is 10.2. The molecular formula is C15H33N3O. The van der Waals surface area contributed by atoms with Crippen LogP contribution in [0.3, 0.4) is 0 Å².